The summed E-state index contributed by atoms with van der Waals surface area (Å²) in [6.07, 6.45) is 8.79. The molecular weight excluding hydrogens is 264 g/mol. The standard InChI is InChI=1S/C14H30O4S/c1-3-5-6-7-8-9-10-11-12-14(13(15)4-2)19(16,17)18/h13-15H,3-12H2,1-2H3,(H,16,17,18). The Morgan fingerprint density at radius 3 is 1.79 bits per heavy atom. The highest BCUT2D eigenvalue weighted by molar-refractivity contribution is 7.86. The molecule has 0 aromatic heterocycles. The number of aliphatic hydroxyl groups is 1. The van der Waals surface area contributed by atoms with E-state index in [9.17, 15) is 13.5 Å². The number of unbranched alkanes of at least 4 members (excludes halogenated alkanes) is 7. The predicted molar refractivity (Wildman–Crippen MR) is 78.9 cm³/mol. The second kappa shape index (κ2) is 10.6. The van der Waals surface area contributed by atoms with Crippen LogP contribution in [-0.4, -0.2) is 29.4 Å². The molecule has 0 rings (SSSR count). The summed E-state index contributed by atoms with van der Waals surface area (Å²) in [7, 11) is -4.13. The van der Waals surface area contributed by atoms with E-state index in [1.807, 2.05) is 0 Å². The van der Waals surface area contributed by atoms with Crippen LogP contribution >= 0.6 is 0 Å². The first-order valence-electron chi connectivity index (χ1n) is 7.57. The van der Waals surface area contributed by atoms with E-state index in [0.717, 1.165) is 19.3 Å². The molecule has 2 N–H and O–H groups in total. The minimum atomic E-state index is -4.13. The van der Waals surface area contributed by atoms with Crippen LogP contribution < -0.4 is 0 Å². The van der Waals surface area contributed by atoms with Gasteiger partial charge in [-0.15, -0.1) is 0 Å². The third-order valence-corrected chi connectivity index (χ3v) is 4.89. The Morgan fingerprint density at radius 1 is 0.895 bits per heavy atom. The topological polar surface area (TPSA) is 74.6 Å². The summed E-state index contributed by atoms with van der Waals surface area (Å²) in [5.41, 5.74) is 0. The van der Waals surface area contributed by atoms with Gasteiger partial charge in [0.05, 0.1) is 6.10 Å². The summed E-state index contributed by atoms with van der Waals surface area (Å²) < 4.78 is 31.4. The lowest BCUT2D eigenvalue weighted by molar-refractivity contribution is 0.155. The zero-order valence-electron chi connectivity index (χ0n) is 12.3. The second-order valence-corrected chi connectivity index (χ2v) is 6.93. The minimum absolute atomic E-state index is 0.349. The van der Waals surface area contributed by atoms with Crippen LogP contribution in [0.2, 0.25) is 0 Å². The average Bonchev–Trinajstić information content (AvgIpc) is 2.34. The van der Waals surface area contributed by atoms with E-state index in [0.29, 0.717) is 12.8 Å². The highest BCUT2D eigenvalue weighted by Gasteiger charge is 2.28. The van der Waals surface area contributed by atoms with Gasteiger partial charge in [-0.3, -0.25) is 4.55 Å². The maximum absolute atomic E-state index is 11.2. The molecule has 116 valence electrons. The van der Waals surface area contributed by atoms with Crippen LogP contribution in [0.5, 0.6) is 0 Å². The van der Waals surface area contributed by atoms with Gasteiger partial charge < -0.3 is 5.11 Å². The first kappa shape index (κ1) is 18.9. The molecule has 0 saturated heterocycles. The van der Waals surface area contributed by atoms with E-state index >= 15 is 0 Å². The lowest BCUT2D eigenvalue weighted by Crippen LogP contribution is -2.33. The van der Waals surface area contributed by atoms with Gasteiger partial charge in [0.2, 0.25) is 0 Å². The third-order valence-electron chi connectivity index (χ3n) is 3.57. The van der Waals surface area contributed by atoms with Crippen LogP contribution in [0.25, 0.3) is 0 Å². The molecule has 2 atom stereocenters. The molecule has 0 aromatic carbocycles. The van der Waals surface area contributed by atoms with Crippen molar-refractivity contribution in [3.63, 3.8) is 0 Å². The quantitative estimate of drug-likeness (QED) is 0.426. The van der Waals surface area contributed by atoms with Crippen molar-refractivity contribution < 1.29 is 18.1 Å². The molecule has 0 saturated carbocycles. The molecule has 0 heterocycles. The van der Waals surface area contributed by atoms with Crippen LogP contribution in [0.15, 0.2) is 0 Å². The van der Waals surface area contributed by atoms with Crippen molar-refractivity contribution in [2.75, 3.05) is 0 Å². The molecule has 0 aliphatic carbocycles. The highest BCUT2D eigenvalue weighted by Crippen LogP contribution is 2.17. The minimum Gasteiger partial charge on any atom is -0.392 e. The number of rotatable bonds is 12. The van der Waals surface area contributed by atoms with E-state index in [2.05, 4.69) is 6.92 Å². The van der Waals surface area contributed by atoms with Gasteiger partial charge in [-0.05, 0) is 12.8 Å². The van der Waals surface area contributed by atoms with E-state index in [-0.39, 0.29) is 0 Å². The Morgan fingerprint density at radius 2 is 1.37 bits per heavy atom. The second-order valence-electron chi connectivity index (χ2n) is 5.29. The van der Waals surface area contributed by atoms with Gasteiger partial charge in [0.15, 0.2) is 0 Å². The first-order valence-corrected chi connectivity index (χ1v) is 9.08. The summed E-state index contributed by atoms with van der Waals surface area (Å²) in [4.78, 5) is 0. The van der Waals surface area contributed by atoms with Crippen molar-refractivity contribution in [3.05, 3.63) is 0 Å². The molecule has 2 unspecified atom stereocenters. The summed E-state index contributed by atoms with van der Waals surface area (Å²) in [5, 5.41) is 8.60. The van der Waals surface area contributed by atoms with E-state index in [1.165, 1.54) is 32.1 Å². The van der Waals surface area contributed by atoms with Gasteiger partial charge in [0, 0.05) is 0 Å². The van der Waals surface area contributed by atoms with Crippen LogP contribution in [-0.2, 0) is 10.1 Å². The molecule has 0 aromatic rings. The number of hydrogen-bond acceptors (Lipinski definition) is 3. The number of aliphatic hydroxyl groups excluding tert-OH is 1. The molecule has 0 aliphatic heterocycles. The van der Waals surface area contributed by atoms with Crippen LogP contribution in [0.4, 0.5) is 0 Å². The fraction of sp³-hybridized carbons (Fsp3) is 1.00. The Bertz CT molecular complexity index is 301. The van der Waals surface area contributed by atoms with Gasteiger partial charge in [0.25, 0.3) is 10.1 Å². The van der Waals surface area contributed by atoms with E-state index < -0.39 is 21.5 Å². The summed E-state index contributed by atoms with van der Waals surface area (Å²) in [5.74, 6) is 0. The van der Waals surface area contributed by atoms with Gasteiger partial charge >= 0.3 is 0 Å². The summed E-state index contributed by atoms with van der Waals surface area (Å²) in [6, 6.07) is 0. The Kier molecular flexibility index (Phi) is 10.6. The molecule has 0 amide bonds. The summed E-state index contributed by atoms with van der Waals surface area (Å²) >= 11 is 0. The molecule has 19 heavy (non-hydrogen) atoms. The lowest BCUT2D eigenvalue weighted by atomic mass is 10.0. The third kappa shape index (κ3) is 9.41. The predicted octanol–water partition coefficient (Wildman–Crippen LogP) is 3.54. The van der Waals surface area contributed by atoms with Crippen LogP contribution in [0.1, 0.15) is 78.1 Å². The van der Waals surface area contributed by atoms with Crippen molar-refractivity contribution in [3.8, 4) is 0 Å². The maximum atomic E-state index is 11.2. The molecule has 0 fully saturated rings. The fourth-order valence-electron chi connectivity index (χ4n) is 2.28. The highest BCUT2D eigenvalue weighted by atomic mass is 32.2. The van der Waals surface area contributed by atoms with Gasteiger partial charge in [-0.25, -0.2) is 0 Å². The maximum Gasteiger partial charge on any atom is 0.270 e. The normalized spacial score (nSPS) is 15.4. The van der Waals surface area contributed by atoms with E-state index in [1.54, 1.807) is 6.92 Å². The van der Waals surface area contributed by atoms with Crippen LogP contribution in [0.3, 0.4) is 0 Å². The Hall–Kier alpha value is -0.130. The van der Waals surface area contributed by atoms with Crippen molar-refractivity contribution in [1.82, 2.24) is 0 Å². The molecule has 5 heteroatoms. The molecule has 0 radical (unpaired) electrons. The summed E-state index contributed by atoms with van der Waals surface area (Å²) in [6.45, 7) is 3.91. The molecule has 0 spiro atoms. The first-order chi connectivity index (χ1) is 8.93. The molecule has 4 nitrogen and oxygen atoms in total. The fourth-order valence-corrected chi connectivity index (χ4v) is 3.34. The Balaban J connectivity index is 3.77. The van der Waals surface area contributed by atoms with Crippen molar-refractivity contribution in [2.45, 2.75) is 89.4 Å². The molecular formula is C14H30O4S. The van der Waals surface area contributed by atoms with Gasteiger partial charge in [-0.1, -0.05) is 65.2 Å². The number of hydrogen-bond donors (Lipinski definition) is 2. The molecule has 0 bridgehead atoms. The van der Waals surface area contributed by atoms with Crippen molar-refractivity contribution >= 4 is 10.1 Å². The van der Waals surface area contributed by atoms with Crippen molar-refractivity contribution in [2.24, 2.45) is 0 Å². The average molecular weight is 294 g/mol. The van der Waals surface area contributed by atoms with Gasteiger partial charge in [-0.2, -0.15) is 8.42 Å². The van der Waals surface area contributed by atoms with Crippen LogP contribution in [0, 0.1) is 0 Å². The van der Waals surface area contributed by atoms with Crippen molar-refractivity contribution in [1.29, 1.82) is 0 Å². The zero-order valence-corrected chi connectivity index (χ0v) is 13.2. The Labute approximate surface area is 118 Å². The lowest BCUT2D eigenvalue weighted by Gasteiger charge is -2.18. The largest absolute Gasteiger partial charge is 0.392 e. The smallest absolute Gasteiger partial charge is 0.270 e. The van der Waals surface area contributed by atoms with Gasteiger partial charge in [0.1, 0.15) is 5.25 Å². The van der Waals surface area contributed by atoms with E-state index in [4.69, 9.17) is 4.55 Å². The zero-order chi connectivity index (χ0) is 14.7. The SMILES string of the molecule is CCCCCCCCCCC(C(O)CC)S(=O)(=O)O. The molecule has 0 aliphatic rings. The monoisotopic (exact) mass is 294 g/mol.